The molecule has 182 valence electrons. The summed E-state index contributed by atoms with van der Waals surface area (Å²) < 4.78 is 11.1. The van der Waals surface area contributed by atoms with Crippen LogP contribution >= 0.6 is 0 Å². The first kappa shape index (κ1) is 23.1. The van der Waals surface area contributed by atoms with Gasteiger partial charge in [0.15, 0.2) is 5.82 Å². The summed E-state index contributed by atoms with van der Waals surface area (Å²) in [6.45, 7) is 5.60. The maximum absolute atomic E-state index is 12.3. The second kappa shape index (κ2) is 10.7. The number of benzene rings is 1. The number of ether oxygens (including phenoxy) is 2. The molecule has 2 aromatic heterocycles. The van der Waals surface area contributed by atoms with E-state index in [1.165, 1.54) is 0 Å². The molecule has 2 aliphatic rings. The fraction of sp³-hybridized carbons (Fsp3) is 0.400. The van der Waals surface area contributed by atoms with Crippen molar-refractivity contribution in [2.45, 2.75) is 31.7 Å². The van der Waals surface area contributed by atoms with Crippen LogP contribution in [0.5, 0.6) is 0 Å². The zero-order valence-electron chi connectivity index (χ0n) is 19.7. The Morgan fingerprint density at radius 2 is 1.77 bits per heavy atom. The molecular weight excluding hydrogens is 446 g/mol. The van der Waals surface area contributed by atoms with E-state index in [1.54, 1.807) is 24.5 Å². The van der Waals surface area contributed by atoms with Crippen molar-refractivity contribution < 1.29 is 14.3 Å². The Balaban J connectivity index is 1.37. The van der Waals surface area contributed by atoms with E-state index in [0.29, 0.717) is 36.4 Å². The van der Waals surface area contributed by atoms with Gasteiger partial charge in [0.2, 0.25) is 5.95 Å². The lowest BCUT2D eigenvalue weighted by atomic mass is 9.99. The molecule has 0 aliphatic carbocycles. The summed E-state index contributed by atoms with van der Waals surface area (Å²) in [5, 5.41) is 5.59. The summed E-state index contributed by atoms with van der Waals surface area (Å²) in [4.78, 5) is 33.0. The van der Waals surface area contributed by atoms with Crippen molar-refractivity contribution in [3.63, 3.8) is 0 Å². The zero-order chi connectivity index (χ0) is 24.0. The molecule has 2 fully saturated rings. The Morgan fingerprint density at radius 1 is 0.971 bits per heavy atom. The highest BCUT2D eigenvalue weighted by atomic mass is 16.5. The minimum Gasteiger partial charge on any atom is -0.381 e. The summed E-state index contributed by atoms with van der Waals surface area (Å²) >= 11 is 0. The van der Waals surface area contributed by atoms with Crippen LogP contribution in [0.15, 0.2) is 48.8 Å². The largest absolute Gasteiger partial charge is 0.381 e. The van der Waals surface area contributed by atoms with Gasteiger partial charge >= 0.3 is 6.03 Å². The van der Waals surface area contributed by atoms with E-state index >= 15 is 0 Å². The van der Waals surface area contributed by atoms with Gasteiger partial charge in [-0.15, -0.1) is 0 Å². The van der Waals surface area contributed by atoms with Crippen molar-refractivity contribution in [2.24, 2.45) is 0 Å². The molecule has 10 nitrogen and oxygen atoms in total. The predicted molar refractivity (Wildman–Crippen MR) is 133 cm³/mol. The number of nitrogens with zero attached hydrogens (tertiary/aromatic N) is 5. The number of hydrogen-bond donors (Lipinski definition) is 2. The van der Waals surface area contributed by atoms with Crippen LogP contribution in [0.1, 0.15) is 31.5 Å². The van der Waals surface area contributed by atoms with Crippen molar-refractivity contribution >= 4 is 23.4 Å². The molecule has 0 radical (unpaired) electrons. The van der Waals surface area contributed by atoms with Crippen LogP contribution in [0.4, 0.5) is 22.1 Å². The van der Waals surface area contributed by atoms with Gasteiger partial charge in [-0.2, -0.15) is 9.97 Å². The topological polar surface area (TPSA) is 114 Å². The molecule has 4 heterocycles. The van der Waals surface area contributed by atoms with E-state index < -0.39 is 0 Å². The van der Waals surface area contributed by atoms with Crippen molar-refractivity contribution in [3.8, 4) is 11.4 Å². The summed E-state index contributed by atoms with van der Waals surface area (Å²) in [6.07, 6.45) is 5.04. The first-order chi connectivity index (χ1) is 17.2. The summed E-state index contributed by atoms with van der Waals surface area (Å²) in [5.41, 5.74) is 2.15. The number of nitrogens with one attached hydrogen (secondary N) is 2. The van der Waals surface area contributed by atoms with E-state index in [2.05, 4.69) is 27.4 Å². The van der Waals surface area contributed by atoms with Gasteiger partial charge < -0.3 is 25.0 Å². The van der Waals surface area contributed by atoms with Gasteiger partial charge in [-0.05, 0) is 56.2 Å². The molecule has 35 heavy (non-hydrogen) atoms. The molecule has 1 atom stereocenters. The molecular formula is C25H29N7O3. The fourth-order valence-electron chi connectivity index (χ4n) is 4.23. The number of hydrogen-bond acceptors (Lipinski definition) is 8. The first-order valence-corrected chi connectivity index (χ1v) is 11.9. The lowest BCUT2D eigenvalue weighted by Crippen LogP contribution is -2.44. The number of pyridine rings is 1. The Bertz CT molecular complexity index is 1140. The molecule has 0 bridgehead atoms. The van der Waals surface area contributed by atoms with Crippen LogP contribution in [-0.4, -0.2) is 65.0 Å². The van der Waals surface area contributed by atoms with Crippen LogP contribution in [0, 0.1) is 0 Å². The Hall–Kier alpha value is -3.63. The molecule has 0 spiro atoms. The van der Waals surface area contributed by atoms with Crippen molar-refractivity contribution in [3.05, 3.63) is 54.6 Å². The van der Waals surface area contributed by atoms with Gasteiger partial charge in [-0.25, -0.2) is 9.78 Å². The molecule has 1 aromatic carbocycles. The number of rotatable bonds is 5. The maximum atomic E-state index is 12.3. The van der Waals surface area contributed by atoms with Gasteiger partial charge in [-0.1, -0.05) is 0 Å². The standard InChI is InChI=1S/C25H29N7O3/c1-17-16-35-14-11-32(17)24-30-22(29-23(31-24)19-8-12-34-13-9-19)18-4-6-20(7-5-18)27-25(33)28-21-3-2-10-26-15-21/h2-7,10,15,17,19H,8-9,11-14,16H2,1H3,(H2,27,28,33). The van der Waals surface area contributed by atoms with Gasteiger partial charge in [0.05, 0.1) is 31.1 Å². The van der Waals surface area contributed by atoms with Gasteiger partial charge in [0.25, 0.3) is 0 Å². The monoisotopic (exact) mass is 475 g/mol. The van der Waals surface area contributed by atoms with E-state index in [0.717, 1.165) is 44.0 Å². The highest BCUT2D eigenvalue weighted by molar-refractivity contribution is 5.99. The lowest BCUT2D eigenvalue weighted by molar-refractivity contribution is 0.0834. The van der Waals surface area contributed by atoms with Gasteiger partial charge in [0.1, 0.15) is 5.82 Å². The average Bonchev–Trinajstić information content (AvgIpc) is 2.90. The predicted octanol–water partition coefficient (Wildman–Crippen LogP) is 3.70. The lowest BCUT2D eigenvalue weighted by Gasteiger charge is -2.34. The van der Waals surface area contributed by atoms with E-state index in [9.17, 15) is 4.79 Å². The molecule has 0 saturated carbocycles. The minimum absolute atomic E-state index is 0.187. The second-order valence-electron chi connectivity index (χ2n) is 8.72. The maximum Gasteiger partial charge on any atom is 0.323 e. The SMILES string of the molecule is CC1COCCN1c1nc(-c2ccc(NC(=O)Nc3cccnc3)cc2)nc(C2CCOCC2)n1. The molecule has 2 amide bonds. The van der Waals surface area contributed by atoms with E-state index in [4.69, 9.17) is 24.4 Å². The number of urea groups is 1. The third kappa shape index (κ3) is 5.72. The zero-order valence-corrected chi connectivity index (χ0v) is 19.7. The number of morpholine rings is 1. The average molecular weight is 476 g/mol. The van der Waals surface area contributed by atoms with E-state index in [-0.39, 0.29) is 18.0 Å². The number of aromatic nitrogens is 4. The van der Waals surface area contributed by atoms with Crippen molar-refractivity contribution in [1.29, 1.82) is 0 Å². The van der Waals surface area contributed by atoms with Gasteiger partial charge in [0, 0.05) is 43.1 Å². The molecule has 2 saturated heterocycles. The molecule has 3 aromatic rings. The van der Waals surface area contributed by atoms with Crippen LogP contribution in [0.25, 0.3) is 11.4 Å². The number of anilines is 3. The fourth-order valence-corrected chi connectivity index (χ4v) is 4.23. The van der Waals surface area contributed by atoms with Crippen molar-refractivity contribution in [2.75, 3.05) is 48.5 Å². The second-order valence-corrected chi connectivity index (χ2v) is 8.72. The summed E-state index contributed by atoms with van der Waals surface area (Å²) in [5.74, 6) is 2.37. The number of amides is 2. The normalized spacial score (nSPS) is 18.8. The minimum atomic E-state index is -0.337. The Labute approximate surface area is 204 Å². The molecule has 2 N–H and O–H groups in total. The Morgan fingerprint density at radius 3 is 2.51 bits per heavy atom. The molecule has 5 rings (SSSR count). The first-order valence-electron chi connectivity index (χ1n) is 11.9. The van der Waals surface area contributed by atoms with Gasteiger partial charge in [-0.3, -0.25) is 4.98 Å². The Kier molecular flexibility index (Phi) is 7.10. The highest BCUT2D eigenvalue weighted by Crippen LogP contribution is 2.29. The number of carbonyl (C=O) groups is 1. The smallest absolute Gasteiger partial charge is 0.323 e. The van der Waals surface area contributed by atoms with Crippen LogP contribution in [0.3, 0.4) is 0 Å². The third-order valence-electron chi connectivity index (χ3n) is 6.17. The van der Waals surface area contributed by atoms with Crippen molar-refractivity contribution in [1.82, 2.24) is 19.9 Å². The van der Waals surface area contributed by atoms with Crippen LogP contribution < -0.4 is 15.5 Å². The third-order valence-corrected chi connectivity index (χ3v) is 6.17. The highest BCUT2D eigenvalue weighted by Gasteiger charge is 2.26. The molecule has 2 aliphatic heterocycles. The summed E-state index contributed by atoms with van der Waals surface area (Å²) in [7, 11) is 0. The van der Waals surface area contributed by atoms with E-state index in [1.807, 2.05) is 24.3 Å². The van der Waals surface area contributed by atoms with Crippen LogP contribution in [0.2, 0.25) is 0 Å². The molecule has 10 heteroatoms. The molecule has 1 unspecified atom stereocenters. The summed E-state index contributed by atoms with van der Waals surface area (Å²) in [6, 6.07) is 10.9. The van der Waals surface area contributed by atoms with Crippen LogP contribution in [-0.2, 0) is 9.47 Å². The number of carbonyl (C=O) groups excluding carboxylic acids is 1. The quantitative estimate of drug-likeness (QED) is 0.574.